The van der Waals surface area contributed by atoms with Gasteiger partial charge in [0.05, 0.1) is 11.3 Å². The molecule has 0 aromatic heterocycles. The molecule has 0 aliphatic heterocycles. The Kier molecular flexibility index (Phi) is 4.75. The maximum atomic E-state index is 13.5. The molecule has 4 N–H and O–H groups in total. The quantitative estimate of drug-likeness (QED) is 0.528. The zero-order valence-electron chi connectivity index (χ0n) is 9.79. The lowest BCUT2D eigenvalue weighted by Gasteiger charge is -2.09. The standard InChI is InChI=1S/C12H17FN2O2/c1-2-3-4-5-15-11-6-8(12(16)17)10(14)7-9(11)13/h6-7,15H,2-5,14H2,1H3,(H,16,17). The SMILES string of the molecule is CCCCCNc1cc(C(=O)O)c(N)cc1F. The van der Waals surface area contributed by atoms with Crippen molar-refractivity contribution in [1.29, 1.82) is 0 Å². The number of hydrogen-bond acceptors (Lipinski definition) is 3. The number of benzene rings is 1. The van der Waals surface area contributed by atoms with Gasteiger partial charge in [0, 0.05) is 12.2 Å². The van der Waals surface area contributed by atoms with Crippen LogP contribution < -0.4 is 11.1 Å². The monoisotopic (exact) mass is 240 g/mol. The van der Waals surface area contributed by atoms with E-state index in [4.69, 9.17) is 10.8 Å². The number of nitrogen functional groups attached to an aromatic ring is 1. The number of carboxylic acids is 1. The molecule has 0 amide bonds. The molecular weight excluding hydrogens is 223 g/mol. The Balaban J connectivity index is 2.77. The molecule has 0 aliphatic carbocycles. The van der Waals surface area contributed by atoms with Crippen molar-refractivity contribution in [3.63, 3.8) is 0 Å². The van der Waals surface area contributed by atoms with Crippen LogP contribution in [0.1, 0.15) is 36.5 Å². The summed E-state index contributed by atoms with van der Waals surface area (Å²) in [4.78, 5) is 10.8. The summed E-state index contributed by atoms with van der Waals surface area (Å²) in [5.74, 6) is -1.68. The largest absolute Gasteiger partial charge is 0.478 e. The van der Waals surface area contributed by atoms with Crippen molar-refractivity contribution in [1.82, 2.24) is 0 Å². The predicted molar refractivity (Wildman–Crippen MR) is 65.8 cm³/mol. The molecule has 1 aromatic rings. The van der Waals surface area contributed by atoms with Gasteiger partial charge in [-0.15, -0.1) is 0 Å². The van der Waals surface area contributed by atoms with E-state index in [9.17, 15) is 9.18 Å². The summed E-state index contributed by atoms with van der Waals surface area (Å²) in [6.07, 6.45) is 3.05. The maximum absolute atomic E-state index is 13.5. The van der Waals surface area contributed by atoms with E-state index in [1.807, 2.05) is 0 Å². The number of carboxylic acid groups (broad SMARTS) is 1. The van der Waals surface area contributed by atoms with Crippen molar-refractivity contribution in [2.75, 3.05) is 17.6 Å². The zero-order valence-corrected chi connectivity index (χ0v) is 9.79. The first-order valence-corrected chi connectivity index (χ1v) is 5.62. The third-order valence-corrected chi connectivity index (χ3v) is 2.47. The summed E-state index contributed by atoms with van der Waals surface area (Å²) in [7, 11) is 0. The minimum Gasteiger partial charge on any atom is -0.478 e. The van der Waals surface area contributed by atoms with E-state index in [2.05, 4.69) is 12.2 Å². The van der Waals surface area contributed by atoms with Crippen LogP contribution in [-0.2, 0) is 0 Å². The highest BCUT2D eigenvalue weighted by molar-refractivity contribution is 5.94. The van der Waals surface area contributed by atoms with Crippen molar-refractivity contribution in [2.24, 2.45) is 0 Å². The summed E-state index contributed by atoms with van der Waals surface area (Å²) in [6.45, 7) is 2.69. The Morgan fingerprint density at radius 3 is 2.76 bits per heavy atom. The summed E-state index contributed by atoms with van der Waals surface area (Å²) in [5.41, 5.74) is 5.47. The van der Waals surface area contributed by atoms with Gasteiger partial charge in [0.2, 0.25) is 0 Å². The number of anilines is 2. The van der Waals surface area contributed by atoms with E-state index in [0.717, 1.165) is 25.3 Å². The van der Waals surface area contributed by atoms with Gasteiger partial charge in [-0.05, 0) is 18.6 Å². The Bertz CT molecular complexity index is 408. The van der Waals surface area contributed by atoms with Gasteiger partial charge in [-0.2, -0.15) is 0 Å². The highest BCUT2D eigenvalue weighted by atomic mass is 19.1. The van der Waals surface area contributed by atoms with Crippen molar-refractivity contribution < 1.29 is 14.3 Å². The molecule has 0 bridgehead atoms. The number of aromatic carboxylic acids is 1. The molecule has 0 spiro atoms. The number of hydrogen-bond donors (Lipinski definition) is 3. The van der Waals surface area contributed by atoms with Crippen molar-refractivity contribution >= 4 is 17.3 Å². The number of halogens is 1. The summed E-state index contributed by atoms with van der Waals surface area (Å²) in [6, 6.07) is 2.27. The fourth-order valence-corrected chi connectivity index (χ4v) is 1.51. The van der Waals surface area contributed by atoms with Gasteiger partial charge >= 0.3 is 5.97 Å². The van der Waals surface area contributed by atoms with Crippen molar-refractivity contribution in [2.45, 2.75) is 26.2 Å². The van der Waals surface area contributed by atoms with E-state index in [1.54, 1.807) is 0 Å². The molecule has 0 radical (unpaired) electrons. The molecule has 0 aliphatic rings. The fourth-order valence-electron chi connectivity index (χ4n) is 1.51. The molecule has 17 heavy (non-hydrogen) atoms. The third-order valence-electron chi connectivity index (χ3n) is 2.47. The van der Waals surface area contributed by atoms with Gasteiger partial charge in [0.15, 0.2) is 0 Å². The molecule has 4 nitrogen and oxygen atoms in total. The highest BCUT2D eigenvalue weighted by Crippen LogP contribution is 2.22. The van der Waals surface area contributed by atoms with Crippen molar-refractivity contribution in [3.05, 3.63) is 23.5 Å². The van der Waals surface area contributed by atoms with Crippen LogP contribution in [0.2, 0.25) is 0 Å². The molecule has 1 rings (SSSR count). The minimum absolute atomic E-state index is 0.0610. The molecule has 0 saturated carbocycles. The van der Waals surface area contributed by atoms with Crippen LogP contribution in [0.5, 0.6) is 0 Å². The van der Waals surface area contributed by atoms with Gasteiger partial charge < -0.3 is 16.2 Å². The third kappa shape index (κ3) is 3.62. The fraction of sp³-hybridized carbons (Fsp3) is 0.417. The van der Waals surface area contributed by atoms with Crippen LogP contribution in [0.15, 0.2) is 12.1 Å². The number of carbonyl (C=O) groups is 1. The summed E-state index contributed by atoms with van der Waals surface area (Å²) in [5, 5.41) is 11.7. The maximum Gasteiger partial charge on any atom is 0.337 e. The van der Waals surface area contributed by atoms with E-state index in [-0.39, 0.29) is 16.9 Å². The Hall–Kier alpha value is -1.78. The zero-order chi connectivity index (χ0) is 12.8. The van der Waals surface area contributed by atoms with E-state index in [1.165, 1.54) is 6.07 Å². The summed E-state index contributed by atoms with van der Waals surface area (Å²) >= 11 is 0. The van der Waals surface area contributed by atoms with Crippen molar-refractivity contribution in [3.8, 4) is 0 Å². The second-order valence-electron chi connectivity index (χ2n) is 3.86. The molecule has 0 heterocycles. The van der Waals surface area contributed by atoms with Gasteiger partial charge in [-0.25, -0.2) is 9.18 Å². The normalized spacial score (nSPS) is 10.2. The first kappa shape index (κ1) is 13.3. The van der Waals surface area contributed by atoms with Gasteiger partial charge in [0.1, 0.15) is 5.82 Å². The van der Waals surface area contributed by atoms with Crippen LogP contribution in [0, 0.1) is 5.82 Å². The highest BCUT2D eigenvalue weighted by Gasteiger charge is 2.12. The Labute approximate surface area is 99.6 Å². The van der Waals surface area contributed by atoms with Crippen LogP contribution in [-0.4, -0.2) is 17.6 Å². The molecule has 94 valence electrons. The molecule has 0 atom stereocenters. The molecule has 5 heteroatoms. The molecular formula is C12H17FN2O2. The van der Waals surface area contributed by atoms with Crippen LogP contribution in [0.4, 0.5) is 15.8 Å². The van der Waals surface area contributed by atoms with E-state index < -0.39 is 11.8 Å². The van der Waals surface area contributed by atoms with Crippen LogP contribution >= 0.6 is 0 Å². The topological polar surface area (TPSA) is 75.3 Å². The van der Waals surface area contributed by atoms with Crippen LogP contribution in [0.25, 0.3) is 0 Å². The number of rotatable bonds is 6. The molecule has 0 unspecified atom stereocenters. The van der Waals surface area contributed by atoms with Gasteiger partial charge in [0.25, 0.3) is 0 Å². The second kappa shape index (κ2) is 6.08. The number of nitrogens with two attached hydrogens (primary N) is 1. The average Bonchev–Trinajstić information content (AvgIpc) is 2.26. The molecule has 0 saturated heterocycles. The average molecular weight is 240 g/mol. The smallest absolute Gasteiger partial charge is 0.337 e. The lowest BCUT2D eigenvalue weighted by molar-refractivity contribution is 0.0698. The molecule has 1 aromatic carbocycles. The lowest BCUT2D eigenvalue weighted by atomic mass is 10.1. The first-order valence-electron chi connectivity index (χ1n) is 5.62. The Morgan fingerprint density at radius 1 is 1.47 bits per heavy atom. The van der Waals surface area contributed by atoms with Crippen LogP contribution in [0.3, 0.4) is 0 Å². The van der Waals surface area contributed by atoms with Gasteiger partial charge in [-0.3, -0.25) is 0 Å². The second-order valence-corrected chi connectivity index (χ2v) is 3.86. The number of nitrogens with one attached hydrogen (secondary N) is 1. The summed E-state index contributed by atoms with van der Waals surface area (Å²) < 4.78 is 13.5. The predicted octanol–water partition coefficient (Wildman–Crippen LogP) is 2.71. The number of unbranched alkanes of at least 4 members (excludes halogenated alkanes) is 2. The Morgan fingerprint density at radius 2 is 2.18 bits per heavy atom. The minimum atomic E-state index is -1.15. The lowest BCUT2D eigenvalue weighted by Crippen LogP contribution is -2.08. The van der Waals surface area contributed by atoms with E-state index in [0.29, 0.717) is 6.54 Å². The van der Waals surface area contributed by atoms with Gasteiger partial charge in [-0.1, -0.05) is 19.8 Å². The first-order chi connectivity index (χ1) is 8.06. The molecule has 0 fully saturated rings. The van der Waals surface area contributed by atoms with E-state index >= 15 is 0 Å².